The number of hydrogen-bond donors (Lipinski definition) is 2. The third kappa shape index (κ3) is 4.49. The molecular formula is C16H19N3OS. The summed E-state index contributed by atoms with van der Waals surface area (Å²) in [7, 11) is 0. The Kier molecular flexibility index (Phi) is 5.22. The van der Waals surface area contributed by atoms with Gasteiger partial charge in [-0.1, -0.05) is 30.8 Å². The van der Waals surface area contributed by atoms with E-state index in [1.165, 1.54) is 17.3 Å². The lowest BCUT2D eigenvalue weighted by Crippen LogP contribution is -2.22. The Hall–Kier alpha value is -2.01. The summed E-state index contributed by atoms with van der Waals surface area (Å²) in [5.74, 6) is -0.0390. The van der Waals surface area contributed by atoms with E-state index >= 15 is 0 Å². The van der Waals surface area contributed by atoms with Crippen molar-refractivity contribution in [3.8, 4) is 0 Å². The maximum absolute atomic E-state index is 12.2. The first kappa shape index (κ1) is 15.4. The van der Waals surface area contributed by atoms with Gasteiger partial charge in [-0.15, -0.1) is 0 Å². The Bertz CT molecular complexity index is 596. The molecule has 2 rings (SSSR count). The van der Waals surface area contributed by atoms with E-state index in [0.29, 0.717) is 5.69 Å². The quantitative estimate of drug-likeness (QED) is 0.831. The number of amides is 1. The number of nitrogens with one attached hydrogen (secondary N) is 1. The highest BCUT2D eigenvalue weighted by atomic mass is 32.2. The van der Waals surface area contributed by atoms with E-state index in [4.69, 9.17) is 5.73 Å². The standard InChI is InChI=1S/C16H19N3OS/c1-3-12-4-7-14(8-5-12)19-16(20)11(2)21-15-9-6-13(17)10-18-15/h4-11H,3,17H2,1-2H3,(H,19,20). The van der Waals surface area contributed by atoms with Crippen LogP contribution in [0.2, 0.25) is 0 Å². The van der Waals surface area contributed by atoms with Gasteiger partial charge in [-0.3, -0.25) is 4.79 Å². The van der Waals surface area contributed by atoms with Crippen molar-refractivity contribution in [2.24, 2.45) is 0 Å². The molecule has 1 atom stereocenters. The maximum atomic E-state index is 12.2. The largest absolute Gasteiger partial charge is 0.397 e. The Labute approximate surface area is 129 Å². The summed E-state index contributed by atoms with van der Waals surface area (Å²) in [5.41, 5.74) is 8.28. The van der Waals surface area contributed by atoms with Crippen LogP contribution in [0.1, 0.15) is 19.4 Å². The number of hydrogen-bond acceptors (Lipinski definition) is 4. The number of thioether (sulfide) groups is 1. The minimum absolute atomic E-state index is 0.0390. The predicted molar refractivity (Wildman–Crippen MR) is 88.4 cm³/mol. The molecule has 5 heteroatoms. The molecule has 0 aliphatic heterocycles. The highest BCUT2D eigenvalue weighted by Crippen LogP contribution is 2.22. The fourth-order valence-corrected chi connectivity index (χ4v) is 2.55. The molecule has 0 aliphatic carbocycles. The van der Waals surface area contributed by atoms with Crippen LogP contribution in [0.15, 0.2) is 47.6 Å². The molecule has 0 saturated carbocycles. The van der Waals surface area contributed by atoms with E-state index in [-0.39, 0.29) is 11.2 Å². The lowest BCUT2D eigenvalue weighted by Gasteiger charge is -2.12. The predicted octanol–water partition coefficient (Wildman–Crippen LogP) is 3.35. The molecule has 1 aromatic carbocycles. The first-order valence-electron chi connectivity index (χ1n) is 6.86. The van der Waals surface area contributed by atoms with Crippen molar-refractivity contribution in [2.45, 2.75) is 30.5 Å². The van der Waals surface area contributed by atoms with Crippen LogP contribution >= 0.6 is 11.8 Å². The maximum Gasteiger partial charge on any atom is 0.237 e. The van der Waals surface area contributed by atoms with Gasteiger partial charge in [0.25, 0.3) is 0 Å². The van der Waals surface area contributed by atoms with Crippen LogP contribution in [0.25, 0.3) is 0 Å². The molecule has 0 saturated heterocycles. The zero-order valence-corrected chi connectivity index (χ0v) is 13.0. The van der Waals surface area contributed by atoms with Crippen molar-refractivity contribution in [1.29, 1.82) is 0 Å². The zero-order chi connectivity index (χ0) is 15.2. The molecule has 21 heavy (non-hydrogen) atoms. The second kappa shape index (κ2) is 7.13. The topological polar surface area (TPSA) is 68.0 Å². The van der Waals surface area contributed by atoms with Crippen molar-refractivity contribution in [1.82, 2.24) is 4.98 Å². The van der Waals surface area contributed by atoms with Gasteiger partial charge in [0.1, 0.15) is 0 Å². The van der Waals surface area contributed by atoms with Gasteiger partial charge in [-0.25, -0.2) is 4.98 Å². The normalized spacial score (nSPS) is 11.9. The number of nitrogen functional groups attached to an aromatic ring is 1. The van der Waals surface area contributed by atoms with Crippen LogP contribution in [0.3, 0.4) is 0 Å². The van der Waals surface area contributed by atoms with Crippen molar-refractivity contribution >= 4 is 29.0 Å². The second-order valence-corrected chi connectivity index (χ2v) is 6.09. The minimum Gasteiger partial charge on any atom is -0.397 e. The van der Waals surface area contributed by atoms with Crippen LogP contribution in [0.5, 0.6) is 0 Å². The first-order valence-corrected chi connectivity index (χ1v) is 7.74. The molecule has 4 nitrogen and oxygen atoms in total. The number of carbonyl (C=O) groups is 1. The average Bonchev–Trinajstić information content (AvgIpc) is 2.50. The molecule has 1 heterocycles. The summed E-state index contributed by atoms with van der Waals surface area (Å²) in [6.45, 7) is 3.96. The summed E-state index contributed by atoms with van der Waals surface area (Å²) < 4.78 is 0. The zero-order valence-electron chi connectivity index (χ0n) is 12.2. The van der Waals surface area contributed by atoms with Crippen molar-refractivity contribution in [3.63, 3.8) is 0 Å². The van der Waals surface area contributed by atoms with E-state index < -0.39 is 0 Å². The van der Waals surface area contributed by atoms with Gasteiger partial charge >= 0.3 is 0 Å². The summed E-state index contributed by atoms with van der Waals surface area (Å²) >= 11 is 1.41. The summed E-state index contributed by atoms with van der Waals surface area (Å²) in [6.07, 6.45) is 2.58. The van der Waals surface area contributed by atoms with E-state index in [1.807, 2.05) is 37.3 Å². The number of aromatic nitrogens is 1. The number of anilines is 2. The van der Waals surface area contributed by atoms with Gasteiger partial charge in [0, 0.05) is 5.69 Å². The number of carbonyl (C=O) groups excluding carboxylic acids is 1. The highest BCUT2D eigenvalue weighted by Gasteiger charge is 2.15. The van der Waals surface area contributed by atoms with Gasteiger partial charge in [-0.2, -0.15) is 0 Å². The molecule has 1 amide bonds. The van der Waals surface area contributed by atoms with Gasteiger partial charge in [-0.05, 0) is 43.2 Å². The number of aryl methyl sites for hydroxylation is 1. The van der Waals surface area contributed by atoms with Gasteiger partial charge in [0.15, 0.2) is 0 Å². The summed E-state index contributed by atoms with van der Waals surface area (Å²) in [4.78, 5) is 16.3. The number of pyridine rings is 1. The van der Waals surface area contributed by atoms with Gasteiger partial charge < -0.3 is 11.1 Å². The molecule has 0 spiro atoms. The Morgan fingerprint density at radius 1 is 1.29 bits per heavy atom. The Morgan fingerprint density at radius 2 is 2.00 bits per heavy atom. The number of benzene rings is 1. The molecule has 110 valence electrons. The Morgan fingerprint density at radius 3 is 2.57 bits per heavy atom. The van der Waals surface area contributed by atoms with E-state index in [0.717, 1.165) is 17.1 Å². The first-order chi connectivity index (χ1) is 10.1. The van der Waals surface area contributed by atoms with Crippen molar-refractivity contribution in [3.05, 3.63) is 48.2 Å². The number of rotatable bonds is 5. The SMILES string of the molecule is CCc1ccc(NC(=O)C(C)Sc2ccc(N)cn2)cc1. The summed E-state index contributed by atoms with van der Waals surface area (Å²) in [6, 6.07) is 11.5. The molecule has 1 aromatic heterocycles. The number of nitrogens with zero attached hydrogens (tertiary/aromatic N) is 1. The lowest BCUT2D eigenvalue weighted by molar-refractivity contribution is -0.115. The van der Waals surface area contributed by atoms with Gasteiger partial charge in [0.2, 0.25) is 5.91 Å². The van der Waals surface area contributed by atoms with Crippen molar-refractivity contribution in [2.75, 3.05) is 11.1 Å². The fraction of sp³-hybridized carbons (Fsp3) is 0.250. The summed E-state index contributed by atoms with van der Waals surface area (Å²) in [5, 5.41) is 3.47. The molecule has 0 radical (unpaired) electrons. The van der Waals surface area contributed by atoms with Gasteiger partial charge in [0.05, 0.1) is 22.2 Å². The minimum atomic E-state index is -0.230. The van der Waals surface area contributed by atoms with Crippen molar-refractivity contribution < 1.29 is 4.79 Å². The van der Waals surface area contributed by atoms with E-state index in [9.17, 15) is 4.79 Å². The van der Waals surface area contributed by atoms with Crippen LogP contribution in [-0.4, -0.2) is 16.1 Å². The van der Waals surface area contributed by atoms with Crippen LogP contribution in [0.4, 0.5) is 11.4 Å². The average molecular weight is 301 g/mol. The van der Waals surface area contributed by atoms with Crippen LogP contribution < -0.4 is 11.1 Å². The molecule has 1 unspecified atom stereocenters. The monoisotopic (exact) mass is 301 g/mol. The fourth-order valence-electron chi connectivity index (χ4n) is 1.76. The molecule has 0 aliphatic rings. The van der Waals surface area contributed by atoms with Crippen LogP contribution in [-0.2, 0) is 11.2 Å². The van der Waals surface area contributed by atoms with E-state index in [1.54, 1.807) is 12.3 Å². The molecule has 0 bridgehead atoms. The Balaban J connectivity index is 1.93. The highest BCUT2D eigenvalue weighted by molar-refractivity contribution is 8.00. The van der Waals surface area contributed by atoms with E-state index in [2.05, 4.69) is 17.2 Å². The smallest absolute Gasteiger partial charge is 0.237 e. The lowest BCUT2D eigenvalue weighted by atomic mass is 10.1. The number of nitrogens with two attached hydrogens (primary N) is 1. The third-order valence-electron chi connectivity index (χ3n) is 3.06. The molecule has 0 fully saturated rings. The molecular weight excluding hydrogens is 282 g/mol. The third-order valence-corrected chi connectivity index (χ3v) is 4.11. The molecule has 3 N–H and O–H groups in total. The second-order valence-electron chi connectivity index (χ2n) is 4.73. The molecule has 2 aromatic rings. The van der Waals surface area contributed by atoms with Crippen LogP contribution in [0, 0.1) is 0 Å².